The number of pyridine rings is 1. The second kappa shape index (κ2) is 5.01. The Morgan fingerprint density at radius 2 is 2.35 bits per heavy atom. The monoisotopic (exact) mass is 234 g/mol. The van der Waals surface area contributed by atoms with Gasteiger partial charge in [0.05, 0.1) is 17.7 Å². The van der Waals surface area contributed by atoms with Gasteiger partial charge >= 0.3 is 0 Å². The molecule has 88 valence electrons. The van der Waals surface area contributed by atoms with Crippen molar-refractivity contribution in [3.63, 3.8) is 0 Å². The fraction of sp³-hybridized carbons (Fsp3) is 0.222. The molecule has 0 atom stereocenters. The largest absolute Gasteiger partial charge is 0.368 e. The van der Waals surface area contributed by atoms with Crippen LogP contribution < -0.4 is 5.32 Å². The lowest BCUT2D eigenvalue weighted by atomic mass is 10.4. The molecule has 0 saturated heterocycles. The van der Waals surface area contributed by atoms with Crippen LogP contribution in [-0.2, 0) is 6.54 Å². The SMILES string of the molecule is O=[N+]([O-])c1ccc(NCCn2ccnn2)nc1. The molecule has 0 fully saturated rings. The van der Waals surface area contributed by atoms with Gasteiger partial charge in [0, 0.05) is 18.8 Å². The summed E-state index contributed by atoms with van der Waals surface area (Å²) in [6, 6.07) is 2.98. The Morgan fingerprint density at radius 1 is 1.47 bits per heavy atom. The summed E-state index contributed by atoms with van der Waals surface area (Å²) in [6.45, 7) is 1.27. The number of nitro groups is 1. The molecular weight excluding hydrogens is 224 g/mol. The first kappa shape index (κ1) is 11.0. The standard InChI is InChI=1S/C9H10N6O2/c16-15(17)8-1-2-9(11-7-8)10-3-5-14-6-4-12-13-14/h1-2,4,6-7H,3,5H2,(H,10,11). The van der Waals surface area contributed by atoms with Gasteiger partial charge in [-0.3, -0.25) is 14.8 Å². The number of rotatable bonds is 5. The summed E-state index contributed by atoms with van der Waals surface area (Å²) in [5, 5.41) is 20.9. The third-order valence-electron chi connectivity index (χ3n) is 2.08. The number of aromatic nitrogens is 4. The second-order valence-corrected chi connectivity index (χ2v) is 3.25. The molecule has 0 unspecified atom stereocenters. The molecule has 1 N–H and O–H groups in total. The molecule has 2 rings (SSSR count). The average Bonchev–Trinajstić information content (AvgIpc) is 2.83. The van der Waals surface area contributed by atoms with Gasteiger partial charge in [0.1, 0.15) is 12.0 Å². The van der Waals surface area contributed by atoms with Gasteiger partial charge in [0.15, 0.2) is 0 Å². The van der Waals surface area contributed by atoms with Crippen LogP contribution in [0.2, 0.25) is 0 Å². The van der Waals surface area contributed by atoms with E-state index in [1.54, 1.807) is 23.1 Å². The molecule has 0 saturated carbocycles. The van der Waals surface area contributed by atoms with E-state index in [1.807, 2.05) is 0 Å². The zero-order chi connectivity index (χ0) is 12.1. The van der Waals surface area contributed by atoms with Crippen LogP contribution in [-0.4, -0.2) is 31.4 Å². The van der Waals surface area contributed by atoms with Crippen molar-refractivity contribution in [1.29, 1.82) is 0 Å². The second-order valence-electron chi connectivity index (χ2n) is 3.25. The van der Waals surface area contributed by atoms with E-state index in [0.29, 0.717) is 18.9 Å². The van der Waals surface area contributed by atoms with Crippen LogP contribution in [0.15, 0.2) is 30.7 Å². The molecule has 2 heterocycles. The van der Waals surface area contributed by atoms with E-state index in [9.17, 15) is 10.1 Å². The summed E-state index contributed by atoms with van der Waals surface area (Å²) in [7, 11) is 0. The zero-order valence-electron chi connectivity index (χ0n) is 8.85. The van der Waals surface area contributed by atoms with Gasteiger partial charge in [-0.05, 0) is 6.07 Å². The lowest BCUT2D eigenvalue weighted by Gasteiger charge is -2.04. The van der Waals surface area contributed by atoms with E-state index in [4.69, 9.17) is 0 Å². The summed E-state index contributed by atoms with van der Waals surface area (Å²) >= 11 is 0. The van der Waals surface area contributed by atoms with Crippen molar-refractivity contribution in [2.75, 3.05) is 11.9 Å². The number of nitrogens with zero attached hydrogens (tertiary/aromatic N) is 5. The lowest BCUT2D eigenvalue weighted by molar-refractivity contribution is -0.385. The fourth-order valence-corrected chi connectivity index (χ4v) is 1.25. The molecule has 0 aliphatic carbocycles. The van der Waals surface area contributed by atoms with Crippen molar-refractivity contribution < 1.29 is 4.92 Å². The third kappa shape index (κ3) is 2.97. The first-order chi connectivity index (χ1) is 8.25. The predicted molar refractivity (Wildman–Crippen MR) is 59.4 cm³/mol. The lowest BCUT2D eigenvalue weighted by Crippen LogP contribution is -2.11. The van der Waals surface area contributed by atoms with E-state index in [2.05, 4.69) is 20.6 Å². The van der Waals surface area contributed by atoms with Gasteiger partial charge in [0.25, 0.3) is 5.69 Å². The zero-order valence-corrected chi connectivity index (χ0v) is 8.85. The van der Waals surface area contributed by atoms with Crippen LogP contribution in [0, 0.1) is 10.1 Å². The molecule has 0 aromatic carbocycles. The molecule has 0 spiro atoms. The third-order valence-corrected chi connectivity index (χ3v) is 2.08. The van der Waals surface area contributed by atoms with Crippen LogP contribution in [0.4, 0.5) is 11.5 Å². The molecule has 0 radical (unpaired) electrons. The van der Waals surface area contributed by atoms with Crippen LogP contribution in [0.25, 0.3) is 0 Å². The minimum absolute atomic E-state index is 0.0215. The highest BCUT2D eigenvalue weighted by molar-refractivity contribution is 5.39. The number of hydrogen-bond donors (Lipinski definition) is 1. The maximum atomic E-state index is 10.4. The topological polar surface area (TPSA) is 98.8 Å². The minimum atomic E-state index is -0.480. The van der Waals surface area contributed by atoms with Crippen molar-refractivity contribution >= 4 is 11.5 Å². The van der Waals surface area contributed by atoms with E-state index in [0.717, 1.165) is 0 Å². The molecular formula is C9H10N6O2. The fourth-order valence-electron chi connectivity index (χ4n) is 1.25. The molecule has 2 aromatic rings. The Hall–Kier alpha value is -2.51. The van der Waals surface area contributed by atoms with Crippen molar-refractivity contribution in [2.24, 2.45) is 0 Å². The summed E-state index contributed by atoms with van der Waals surface area (Å²) in [4.78, 5) is 13.8. The van der Waals surface area contributed by atoms with E-state index >= 15 is 0 Å². The molecule has 8 heteroatoms. The van der Waals surface area contributed by atoms with E-state index < -0.39 is 4.92 Å². The molecule has 0 amide bonds. The summed E-state index contributed by atoms with van der Waals surface area (Å²) in [5.41, 5.74) is -0.0215. The molecule has 0 bridgehead atoms. The summed E-state index contributed by atoms with van der Waals surface area (Å²) < 4.78 is 1.68. The number of anilines is 1. The Balaban J connectivity index is 1.85. The molecule has 0 aliphatic rings. The first-order valence-corrected chi connectivity index (χ1v) is 4.94. The van der Waals surface area contributed by atoms with Crippen LogP contribution in [0.1, 0.15) is 0 Å². The predicted octanol–water partition coefficient (Wildman–Crippen LogP) is 0.693. The van der Waals surface area contributed by atoms with Crippen LogP contribution in [0.3, 0.4) is 0 Å². The summed E-state index contributed by atoms with van der Waals surface area (Å²) in [5.74, 6) is 0.593. The molecule has 8 nitrogen and oxygen atoms in total. The Kier molecular flexibility index (Phi) is 3.24. The maximum absolute atomic E-state index is 10.4. The highest BCUT2D eigenvalue weighted by Gasteiger charge is 2.04. The summed E-state index contributed by atoms with van der Waals surface area (Å²) in [6.07, 6.45) is 4.58. The average molecular weight is 234 g/mol. The first-order valence-electron chi connectivity index (χ1n) is 4.94. The Labute approximate surface area is 96.4 Å². The Morgan fingerprint density at radius 3 is 2.94 bits per heavy atom. The van der Waals surface area contributed by atoms with Crippen molar-refractivity contribution in [2.45, 2.75) is 6.54 Å². The van der Waals surface area contributed by atoms with Gasteiger partial charge in [0.2, 0.25) is 0 Å². The smallest absolute Gasteiger partial charge is 0.287 e. The van der Waals surface area contributed by atoms with Crippen molar-refractivity contribution in [3.05, 3.63) is 40.8 Å². The Bertz CT molecular complexity index is 481. The highest BCUT2D eigenvalue weighted by atomic mass is 16.6. The van der Waals surface area contributed by atoms with E-state index in [1.165, 1.54) is 12.3 Å². The van der Waals surface area contributed by atoms with Crippen LogP contribution >= 0.6 is 0 Å². The quantitative estimate of drug-likeness (QED) is 0.603. The van der Waals surface area contributed by atoms with Gasteiger partial charge in [-0.2, -0.15) is 0 Å². The number of hydrogen-bond acceptors (Lipinski definition) is 6. The van der Waals surface area contributed by atoms with Gasteiger partial charge in [-0.1, -0.05) is 5.21 Å². The minimum Gasteiger partial charge on any atom is -0.368 e. The molecule has 0 aliphatic heterocycles. The van der Waals surface area contributed by atoms with Crippen molar-refractivity contribution in [1.82, 2.24) is 20.0 Å². The molecule has 17 heavy (non-hydrogen) atoms. The molecule has 2 aromatic heterocycles. The highest BCUT2D eigenvalue weighted by Crippen LogP contribution is 2.11. The van der Waals surface area contributed by atoms with Gasteiger partial charge < -0.3 is 5.32 Å². The van der Waals surface area contributed by atoms with Crippen LogP contribution in [0.5, 0.6) is 0 Å². The maximum Gasteiger partial charge on any atom is 0.287 e. The normalized spacial score (nSPS) is 10.1. The van der Waals surface area contributed by atoms with Gasteiger partial charge in [-0.25, -0.2) is 4.98 Å². The number of nitrogens with one attached hydrogen (secondary N) is 1. The van der Waals surface area contributed by atoms with Gasteiger partial charge in [-0.15, -0.1) is 5.10 Å². The van der Waals surface area contributed by atoms with Crippen molar-refractivity contribution in [3.8, 4) is 0 Å². The van der Waals surface area contributed by atoms with E-state index in [-0.39, 0.29) is 5.69 Å².